The van der Waals surface area contributed by atoms with E-state index in [0.29, 0.717) is 6.04 Å². The minimum absolute atomic E-state index is 0.646. The Bertz CT molecular complexity index is 391. The summed E-state index contributed by atoms with van der Waals surface area (Å²) in [6, 6.07) is 0.646. The van der Waals surface area contributed by atoms with Crippen LogP contribution in [-0.2, 0) is 13.0 Å². The predicted molar refractivity (Wildman–Crippen MR) is 77.7 cm³/mol. The molecule has 0 aromatic carbocycles. The van der Waals surface area contributed by atoms with Crippen LogP contribution in [0.5, 0.6) is 0 Å². The van der Waals surface area contributed by atoms with Gasteiger partial charge in [-0.25, -0.2) is 0 Å². The van der Waals surface area contributed by atoms with Crippen LogP contribution < -0.4 is 5.32 Å². The topological polar surface area (TPSA) is 29.9 Å². The van der Waals surface area contributed by atoms with Crippen molar-refractivity contribution in [1.29, 1.82) is 0 Å². The zero-order chi connectivity index (χ0) is 12.4. The molecule has 2 rings (SSSR count). The van der Waals surface area contributed by atoms with Gasteiger partial charge in [0.1, 0.15) is 0 Å². The van der Waals surface area contributed by atoms with Crippen molar-refractivity contribution in [3.63, 3.8) is 0 Å². The Hall–Kier alpha value is -0.0000000000000000763. The lowest BCUT2D eigenvalue weighted by Crippen LogP contribution is -2.33. The number of halogens is 1. The van der Waals surface area contributed by atoms with Crippen LogP contribution in [0.2, 0.25) is 0 Å². The van der Waals surface area contributed by atoms with Gasteiger partial charge in [-0.3, -0.25) is 4.68 Å². The highest BCUT2D eigenvalue weighted by atomic mass is 79.9. The molecule has 1 N–H and O–H groups in total. The Morgan fingerprint density at radius 1 is 1.53 bits per heavy atom. The second-order valence-electron chi connectivity index (χ2n) is 4.56. The summed E-state index contributed by atoms with van der Waals surface area (Å²) >= 11 is 5.73. The number of hydrogen-bond acceptors (Lipinski definition) is 3. The number of aromatic nitrogens is 2. The highest BCUT2D eigenvalue weighted by Crippen LogP contribution is 2.30. The summed E-state index contributed by atoms with van der Waals surface area (Å²) in [5, 5.41) is 8.00. The van der Waals surface area contributed by atoms with Crippen LogP contribution in [0.3, 0.4) is 0 Å². The number of nitrogens with one attached hydrogen (secondary N) is 1. The Balaban J connectivity index is 2.17. The molecular formula is C12H20BrN3S. The first-order chi connectivity index (χ1) is 8.17. The lowest BCUT2D eigenvalue weighted by Gasteiger charge is -2.18. The maximum atomic E-state index is 4.56. The van der Waals surface area contributed by atoms with Gasteiger partial charge in [0, 0.05) is 18.3 Å². The van der Waals surface area contributed by atoms with Gasteiger partial charge < -0.3 is 5.32 Å². The van der Waals surface area contributed by atoms with Crippen LogP contribution in [0.15, 0.2) is 4.47 Å². The van der Waals surface area contributed by atoms with E-state index in [1.54, 1.807) is 0 Å². The maximum absolute atomic E-state index is 4.56. The molecule has 17 heavy (non-hydrogen) atoms. The molecule has 1 saturated heterocycles. The molecule has 2 heterocycles. The van der Waals surface area contributed by atoms with Gasteiger partial charge in [0.15, 0.2) is 0 Å². The SMILES string of the molecule is CCn1nc(C)c(Br)c1CC1CSCC1NC. The largest absolute Gasteiger partial charge is 0.316 e. The van der Waals surface area contributed by atoms with Crippen molar-refractivity contribution in [1.82, 2.24) is 15.1 Å². The Labute approximate surface area is 116 Å². The summed E-state index contributed by atoms with van der Waals surface area (Å²) in [6.45, 7) is 5.17. The molecule has 1 aliphatic rings. The molecule has 1 aliphatic heterocycles. The molecule has 0 amide bonds. The Morgan fingerprint density at radius 3 is 2.94 bits per heavy atom. The van der Waals surface area contributed by atoms with Gasteiger partial charge in [0.25, 0.3) is 0 Å². The monoisotopic (exact) mass is 317 g/mol. The smallest absolute Gasteiger partial charge is 0.0738 e. The fraction of sp³-hybridized carbons (Fsp3) is 0.750. The van der Waals surface area contributed by atoms with Crippen molar-refractivity contribution in [3.05, 3.63) is 15.9 Å². The fourth-order valence-corrected chi connectivity index (χ4v) is 4.36. The molecule has 1 aromatic heterocycles. The van der Waals surface area contributed by atoms with Gasteiger partial charge >= 0.3 is 0 Å². The van der Waals surface area contributed by atoms with E-state index < -0.39 is 0 Å². The fourth-order valence-electron chi connectivity index (χ4n) is 2.43. The lowest BCUT2D eigenvalue weighted by molar-refractivity contribution is 0.437. The van der Waals surface area contributed by atoms with E-state index in [9.17, 15) is 0 Å². The molecule has 5 heteroatoms. The van der Waals surface area contributed by atoms with Crippen molar-refractivity contribution in [3.8, 4) is 0 Å². The number of thioether (sulfide) groups is 1. The highest BCUT2D eigenvalue weighted by molar-refractivity contribution is 9.10. The molecule has 0 aliphatic carbocycles. The van der Waals surface area contributed by atoms with E-state index in [2.05, 4.69) is 63.7 Å². The molecule has 0 radical (unpaired) electrons. The Morgan fingerprint density at radius 2 is 2.29 bits per heavy atom. The van der Waals surface area contributed by atoms with Crippen LogP contribution in [0.1, 0.15) is 18.3 Å². The molecule has 1 aromatic rings. The van der Waals surface area contributed by atoms with Crippen LogP contribution >= 0.6 is 27.7 Å². The summed E-state index contributed by atoms with van der Waals surface area (Å²) in [6.07, 6.45) is 1.12. The molecule has 3 nitrogen and oxygen atoms in total. The van der Waals surface area contributed by atoms with Gasteiger partial charge in [-0.2, -0.15) is 16.9 Å². The molecule has 0 saturated carbocycles. The van der Waals surface area contributed by atoms with E-state index in [0.717, 1.165) is 24.6 Å². The van der Waals surface area contributed by atoms with E-state index in [4.69, 9.17) is 0 Å². The van der Waals surface area contributed by atoms with Gasteiger partial charge in [-0.1, -0.05) is 0 Å². The maximum Gasteiger partial charge on any atom is 0.0738 e. The summed E-state index contributed by atoms with van der Waals surface area (Å²) in [5.74, 6) is 3.21. The molecule has 1 fully saturated rings. The summed E-state index contributed by atoms with van der Waals surface area (Å²) in [5.41, 5.74) is 2.46. The number of nitrogens with zero attached hydrogens (tertiary/aromatic N) is 2. The minimum Gasteiger partial charge on any atom is -0.316 e. The first-order valence-electron chi connectivity index (χ1n) is 6.14. The molecule has 2 atom stereocenters. The standard InChI is InChI=1S/C12H20BrN3S/c1-4-16-11(12(13)8(2)15-16)5-9-6-17-7-10(9)14-3/h9-10,14H,4-7H2,1-3H3. The summed E-state index contributed by atoms with van der Waals surface area (Å²) < 4.78 is 3.33. The van der Waals surface area contributed by atoms with Crippen molar-refractivity contribution < 1.29 is 0 Å². The van der Waals surface area contributed by atoms with Gasteiger partial charge in [0.2, 0.25) is 0 Å². The van der Waals surface area contributed by atoms with E-state index in [1.807, 2.05) is 0 Å². The number of aryl methyl sites for hydroxylation is 2. The minimum atomic E-state index is 0.646. The van der Waals surface area contributed by atoms with Crippen molar-refractivity contribution in [2.75, 3.05) is 18.6 Å². The molecule has 96 valence electrons. The molecule has 0 spiro atoms. The van der Waals surface area contributed by atoms with Crippen LogP contribution in [-0.4, -0.2) is 34.4 Å². The number of rotatable bonds is 4. The van der Waals surface area contributed by atoms with E-state index >= 15 is 0 Å². The second-order valence-corrected chi connectivity index (χ2v) is 6.43. The Kier molecular flexibility index (Phi) is 4.55. The second kappa shape index (κ2) is 5.76. The van der Waals surface area contributed by atoms with Gasteiger partial charge in [-0.15, -0.1) is 0 Å². The first kappa shape index (κ1) is 13.4. The lowest BCUT2D eigenvalue weighted by atomic mass is 9.98. The first-order valence-corrected chi connectivity index (χ1v) is 8.08. The predicted octanol–water partition coefficient (Wildman–Crippen LogP) is 2.47. The zero-order valence-corrected chi connectivity index (χ0v) is 13.1. The average Bonchev–Trinajstić information content (AvgIpc) is 2.88. The zero-order valence-electron chi connectivity index (χ0n) is 10.7. The molecule has 2 unspecified atom stereocenters. The molecular weight excluding hydrogens is 298 g/mol. The quantitative estimate of drug-likeness (QED) is 0.925. The van der Waals surface area contributed by atoms with E-state index in [1.165, 1.54) is 21.7 Å². The summed E-state index contributed by atoms with van der Waals surface area (Å²) in [4.78, 5) is 0. The highest BCUT2D eigenvalue weighted by Gasteiger charge is 2.28. The third kappa shape index (κ3) is 2.71. The van der Waals surface area contributed by atoms with Crippen molar-refractivity contribution in [2.45, 2.75) is 32.9 Å². The van der Waals surface area contributed by atoms with Gasteiger partial charge in [0.05, 0.1) is 15.9 Å². The normalized spacial score (nSPS) is 24.5. The average molecular weight is 318 g/mol. The third-order valence-corrected chi connectivity index (χ3v) is 5.77. The van der Waals surface area contributed by atoms with Crippen molar-refractivity contribution in [2.24, 2.45) is 5.92 Å². The van der Waals surface area contributed by atoms with Crippen molar-refractivity contribution >= 4 is 27.7 Å². The van der Waals surface area contributed by atoms with Gasteiger partial charge in [-0.05, 0) is 54.9 Å². The van der Waals surface area contributed by atoms with Crippen LogP contribution in [0.25, 0.3) is 0 Å². The van der Waals surface area contributed by atoms with E-state index in [-0.39, 0.29) is 0 Å². The third-order valence-electron chi connectivity index (χ3n) is 3.48. The number of hydrogen-bond donors (Lipinski definition) is 1. The van der Waals surface area contributed by atoms with Crippen LogP contribution in [0.4, 0.5) is 0 Å². The molecule has 0 bridgehead atoms. The van der Waals surface area contributed by atoms with Crippen LogP contribution in [0, 0.1) is 12.8 Å². The summed E-state index contributed by atoms with van der Waals surface area (Å²) in [7, 11) is 2.07.